The van der Waals surface area contributed by atoms with Gasteiger partial charge in [0, 0.05) is 30.8 Å². The van der Waals surface area contributed by atoms with E-state index in [1.54, 1.807) is 12.1 Å². The summed E-state index contributed by atoms with van der Waals surface area (Å²) in [5.41, 5.74) is 6.81. The number of rotatable bonds is 11. The number of amides is 6. The first-order valence-corrected chi connectivity index (χ1v) is 9.97. The molecule has 32 heavy (non-hydrogen) atoms. The van der Waals surface area contributed by atoms with Crippen molar-refractivity contribution in [3.63, 3.8) is 0 Å². The number of nitrogens with zero attached hydrogens (tertiary/aromatic N) is 1. The summed E-state index contributed by atoms with van der Waals surface area (Å²) >= 11 is 0. The van der Waals surface area contributed by atoms with Gasteiger partial charge < -0.3 is 21.7 Å². The Morgan fingerprint density at radius 3 is 2.19 bits per heavy atom. The predicted molar refractivity (Wildman–Crippen MR) is 114 cm³/mol. The average Bonchev–Trinajstić information content (AvgIpc) is 3.07. The smallest absolute Gasteiger partial charge is 0.253 e. The average molecular weight is 443 g/mol. The molecule has 0 aromatic heterocycles. The van der Waals surface area contributed by atoms with Gasteiger partial charge in [-0.2, -0.15) is 0 Å². The van der Waals surface area contributed by atoms with Crippen LogP contribution < -0.4 is 21.7 Å². The van der Waals surface area contributed by atoms with E-state index in [-0.39, 0.29) is 19.5 Å². The van der Waals surface area contributed by atoms with Crippen molar-refractivity contribution in [2.24, 2.45) is 5.73 Å². The van der Waals surface area contributed by atoms with E-state index in [9.17, 15) is 28.8 Å². The SMILES string of the molecule is CCc1ccc(NC(=O)CNC(=O)C(CC(N)=O)NC(=O)CCN2C(=O)C=CC2=O)cc1. The van der Waals surface area contributed by atoms with E-state index < -0.39 is 47.9 Å². The lowest BCUT2D eigenvalue weighted by Gasteiger charge is -2.18. The highest BCUT2D eigenvalue weighted by atomic mass is 16.2. The zero-order valence-corrected chi connectivity index (χ0v) is 17.6. The predicted octanol–water partition coefficient (Wildman–Crippen LogP) is -1.02. The van der Waals surface area contributed by atoms with Crippen LogP contribution in [0.4, 0.5) is 5.69 Å². The molecule has 1 unspecified atom stereocenters. The Labute approximate surface area is 184 Å². The quantitative estimate of drug-likeness (QED) is 0.319. The fraction of sp³-hybridized carbons (Fsp3) is 0.333. The number of carbonyl (C=O) groups is 6. The van der Waals surface area contributed by atoms with Gasteiger partial charge in [0.1, 0.15) is 6.04 Å². The normalized spacial score (nSPS) is 13.6. The summed E-state index contributed by atoms with van der Waals surface area (Å²) in [6.45, 7) is 1.44. The summed E-state index contributed by atoms with van der Waals surface area (Å²) in [5.74, 6) is -3.84. The number of carbonyl (C=O) groups excluding carboxylic acids is 6. The van der Waals surface area contributed by atoms with E-state index in [1.807, 2.05) is 19.1 Å². The lowest BCUT2D eigenvalue weighted by molar-refractivity contribution is -0.137. The first-order chi connectivity index (χ1) is 15.2. The van der Waals surface area contributed by atoms with Crippen molar-refractivity contribution >= 4 is 41.1 Å². The number of hydrogen-bond donors (Lipinski definition) is 4. The van der Waals surface area contributed by atoms with Gasteiger partial charge in [-0.25, -0.2) is 0 Å². The highest BCUT2D eigenvalue weighted by Gasteiger charge is 2.26. The molecule has 0 fully saturated rings. The molecular formula is C21H25N5O6. The molecule has 11 nitrogen and oxygen atoms in total. The van der Waals surface area contributed by atoms with Gasteiger partial charge in [-0.1, -0.05) is 19.1 Å². The zero-order chi connectivity index (χ0) is 23.7. The minimum absolute atomic E-state index is 0.180. The van der Waals surface area contributed by atoms with Gasteiger partial charge in [-0.3, -0.25) is 33.7 Å². The van der Waals surface area contributed by atoms with Crippen LogP contribution in [0.25, 0.3) is 0 Å². The Kier molecular flexibility index (Phi) is 8.63. The zero-order valence-electron chi connectivity index (χ0n) is 17.6. The third kappa shape index (κ3) is 7.35. The maximum absolute atomic E-state index is 12.4. The number of anilines is 1. The van der Waals surface area contributed by atoms with Crippen LogP contribution in [0.1, 0.15) is 25.3 Å². The molecule has 0 saturated heterocycles. The molecule has 1 aliphatic heterocycles. The Morgan fingerprint density at radius 1 is 1.00 bits per heavy atom. The summed E-state index contributed by atoms with van der Waals surface area (Å²) in [6, 6.07) is 5.90. The van der Waals surface area contributed by atoms with Crippen LogP contribution in [-0.2, 0) is 35.2 Å². The Hall–Kier alpha value is -4.02. The second-order valence-electron chi connectivity index (χ2n) is 7.02. The molecule has 0 saturated carbocycles. The fourth-order valence-corrected chi connectivity index (χ4v) is 2.86. The minimum Gasteiger partial charge on any atom is -0.370 e. The lowest BCUT2D eigenvalue weighted by Crippen LogP contribution is -2.50. The lowest BCUT2D eigenvalue weighted by atomic mass is 10.1. The largest absolute Gasteiger partial charge is 0.370 e. The number of benzene rings is 1. The molecule has 0 radical (unpaired) electrons. The van der Waals surface area contributed by atoms with Crippen molar-refractivity contribution in [1.82, 2.24) is 15.5 Å². The van der Waals surface area contributed by atoms with Crippen molar-refractivity contribution in [1.29, 1.82) is 0 Å². The topological polar surface area (TPSA) is 168 Å². The van der Waals surface area contributed by atoms with Crippen LogP contribution in [0.15, 0.2) is 36.4 Å². The summed E-state index contributed by atoms with van der Waals surface area (Å²) in [4.78, 5) is 71.8. The molecule has 1 aromatic rings. The molecule has 1 aliphatic rings. The number of nitrogens with two attached hydrogens (primary N) is 1. The maximum atomic E-state index is 12.4. The second-order valence-corrected chi connectivity index (χ2v) is 7.02. The van der Waals surface area contributed by atoms with Crippen molar-refractivity contribution in [2.75, 3.05) is 18.4 Å². The van der Waals surface area contributed by atoms with Crippen molar-refractivity contribution in [3.05, 3.63) is 42.0 Å². The molecule has 5 N–H and O–H groups in total. The van der Waals surface area contributed by atoms with E-state index in [2.05, 4.69) is 16.0 Å². The highest BCUT2D eigenvalue weighted by molar-refractivity contribution is 6.13. The summed E-state index contributed by atoms with van der Waals surface area (Å²) in [7, 11) is 0. The van der Waals surface area contributed by atoms with Gasteiger partial charge in [0.25, 0.3) is 11.8 Å². The highest BCUT2D eigenvalue weighted by Crippen LogP contribution is 2.09. The van der Waals surface area contributed by atoms with Crippen LogP contribution in [0, 0.1) is 0 Å². The van der Waals surface area contributed by atoms with Crippen molar-refractivity contribution in [2.45, 2.75) is 32.2 Å². The first-order valence-electron chi connectivity index (χ1n) is 9.97. The molecule has 6 amide bonds. The minimum atomic E-state index is -1.31. The number of imide groups is 1. The van der Waals surface area contributed by atoms with Crippen LogP contribution >= 0.6 is 0 Å². The molecule has 2 rings (SSSR count). The summed E-state index contributed by atoms with van der Waals surface area (Å²) in [6.07, 6.45) is 2.29. The van der Waals surface area contributed by atoms with Crippen LogP contribution in [-0.4, -0.2) is 59.5 Å². The summed E-state index contributed by atoms with van der Waals surface area (Å²) < 4.78 is 0. The third-order valence-electron chi connectivity index (χ3n) is 4.59. The number of nitrogens with one attached hydrogen (secondary N) is 3. The van der Waals surface area contributed by atoms with Gasteiger partial charge >= 0.3 is 0 Å². The molecule has 1 atom stereocenters. The van der Waals surface area contributed by atoms with Crippen LogP contribution in [0.5, 0.6) is 0 Å². The van der Waals surface area contributed by atoms with Crippen molar-refractivity contribution < 1.29 is 28.8 Å². The van der Waals surface area contributed by atoms with Crippen molar-refractivity contribution in [3.8, 4) is 0 Å². The summed E-state index contributed by atoms with van der Waals surface area (Å²) in [5, 5.41) is 7.30. The molecule has 1 heterocycles. The van der Waals surface area contributed by atoms with Gasteiger partial charge in [-0.05, 0) is 24.1 Å². The first kappa shape index (κ1) is 24.3. The molecule has 0 bridgehead atoms. The van der Waals surface area contributed by atoms with E-state index in [0.29, 0.717) is 5.69 Å². The number of primary amides is 1. The van der Waals surface area contributed by atoms with E-state index in [0.717, 1.165) is 29.0 Å². The fourth-order valence-electron chi connectivity index (χ4n) is 2.86. The van der Waals surface area contributed by atoms with Gasteiger partial charge in [-0.15, -0.1) is 0 Å². The van der Waals surface area contributed by atoms with Gasteiger partial charge in [0.05, 0.1) is 13.0 Å². The van der Waals surface area contributed by atoms with Crippen LogP contribution in [0.3, 0.4) is 0 Å². The monoisotopic (exact) mass is 443 g/mol. The van der Waals surface area contributed by atoms with E-state index >= 15 is 0 Å². The molecule has 170 valence electrons. The maximum Gasteiger partial charge on any atom is 0.253 e. The Bertz CT molecular complexity index is 923. The third-order valence-corrected chi connectivity index (χ3v) is 4.59. The molecular weight excluding hydrogens is 418 g/mol. The Balaban J connectivity index is 1.84. The standard InChI is InChI=1S/C21H25N5O6/c1-2-13-3-5-14(6-4-13)24-18(29)12-23-21(32)15(11-16(22)27)25-17(28)9-10-26-19(30)7-8-20(26)31/h3-8,15H,2,9-12H2,1H3,(H2,22,27)(H,23,32)(H,24,29)(H,25,28). The van der Waals surface area contributed by atoms with Gasteiger partial charge in [0.15, 0.2) is 0 Å². The van der Waals surface area contributed by atoms with Crippen LogP contribution in [0.2, 0.25) is 0 Å². The van der Waals surface area contributed by atoms with E-state index in [1.165, 1.54) is 0 Å². The number of hydrogen-bond acceptors (Lipinski definition) is 6. The van der Waals surface area contributed by atoms with Gasteiger partial charge in [0.2, 0.25) is 23.6 Å². The van der Waals surface area contributed by atoms with E-state index in [4.69, 9.17) is 5.73 Å². The molecule has 0 aliphatic carbocycles. The molecule has 11 heteroatoms. The Morgan fingerprint density at radius 2 is 1.62 bits per heavy atom. The molecule has 1 aromatic carbocycles. The second kappa shape index (κ2) is 11.4. The molecule has 0 spiro atoms. The number of aryl methyl sites for hydroxylation is 1.